The van der Waals surface area contributed by atoms with E-state index in [0.717, 1.165) is 56.1 Å². The number of aliphatic hydroxyl groups is 1. The zero-order valence-corrected chi connectivity index (χ0v) is 33.9. The number of hydrogen-bond acceptors (Lipinski definition) is 11. The second kappa shape index (κ2) is 13.0. The summed E-state index contributed by atoms with van der Waals surface area (Å²) in [6.07, 6.45) is 8.33. The maximum Gasteiger partial charge on any atom is 0.309 e. The van der Waals surface area contributed by atoms with Gasteiger partial charge in [0.1, 0.15) is 18.3 Å². The molecule has 0 saturated heterocycles. The number of ether oxygens (including phenoxy) is 1. The molecule has 4 saturated carbocycles. The quantitative estimate of drug-likeness (QED) is 0.249. The van der Waals surface area contributed by atoms with Crippen LogP contribution in [0.15, 0.2) is 28.0 Å². The summed E-state index contributed by atoms with van der Waals surface area (Å²) < 4.78 is 12.2. The van der Waals surface area contributed by atoms with Crippen molar-refractivity contribution in [3.05, 3.63) is 35.0 Å². The first-order chi connectivity index (χ1) is 25.7. The molecular weight excluding hydrogens is 699 g/mol. The van der Waals surface area contributed by atoms with Crippen molar-refractivity contribution < 1.29 is 33.8 Å². The maximum atomic E-state index is 14.1. The molecule has 0 spiro atoms. The van der Waals surface area contributed by atoms with Gasteiger partial charge in [-0.1, -0.05) is 48.5 Å². The molecule has 7 rings (SSSR count). The molecule has 12 heteroatoms. The van der Waals surface area contributed by atoms with E-state index in [2.05, 4.69) is 68.6 Å². The van der Waals surface area contributed by atoms with Crippen LogP contribution in [0.5, 0.6) is 0 Å². The number of esters is 1. The van der Waals surface area contributed by atoms with Crippen LogP contribution in [0, 0.1) is 67.5 Å². The van der Waals surface area contributed by atoms with Crippen LogP contribution < -0.4 is 0 Å². The molecular formula is C43H57N5O7. The lowest BCUT2D eigenvalue weighted by molar-refractivity contribution is -0.235. The Kier molecular flexibility index (Phi) is 9.31. The van der Waals surface area contributed by atoms with E-state index in [0.29, 0.717) is 23.8 Å². The molecule has 0 amide bonds. The number of carbonyl (C=O) groups excluding carboxylic acids is 2. The Labute approximate surface area is 323 Å². The minimum Gasteiger partial charge on any atom is -0.481 e. The number of fused-ring (bicyclic) bond motifs is 7. The fourth-order valence-electron chi connectivity index (χ4n) is 13.0. The topological polar surface area (TPSA) is 189 Å². The molecule has 2 aromatic rings. The number of nitriles is 1. The smallest absolute Gasteiger partial charge is 0.309 e. The highest BCUT2D eigenvalue weighted by atomic mass is 16.5. The Hall–Kier alpha value is -3.98. The lowest BCUT2D eigenvalue weighted by Crippen LogP contribution is -2.66. The second-order valence-electron chi connectivity index (χ2n) is 19.8. The van der Waals surface area contributed by atoms with Crippen molar-refractivity contribution >= 4 is 17.7 Å². The van der Waals surface area contributed by atoms with Gasteiger partial charge in [0, 0.05) is 29.6 Å². The number of aliphatic hydroxyl groups excluding tert-OH is 1. The highest BCUT2D eigenvalue weighted by Crippen LogP contribution is 2.77. The van der Waals surface area contributed by atoms with Gasteiger partial charge in [0.25, 0.3) is 5.89 Å². The molecule has 12 nitrogen and oxygen atoms in total. The molecule has 2 aromatic heterocycles. The van der Waals surface area contributed by atoms with E-state index in [-0.39, 0.29) is 75.8 Å². The molecule has 2 heterocycles. The molecule has 5 aliphatic rings. The first-order valence-electron chi connectivity index (χ1n) is 20.1. The van der Waals surface area contributed by atoms with Crippen molar-refractivity contribution in [2.24, 2.45) is 56.2 Å². The van der Waals surface area contributed by atoms with Crippen LogP contribution in [0.4, 0.5) is 0 Å². The number of carbonyl (C=O) groups is 3. The largest absolute Gasteiger partial charge is 0.481 e. The van der Waals surface area contributed by atoms with Gasteiger partial charge in [-0.2, -0.15) is 5.26 Å². The third kappa shape index (κ3) is 5.72. The minimum atomic E-state index is -1.19. The van der Waals surface area contributed by atoms with E-state index in [1.165, 1.54) is 12.4 Å². The van der Waals surface area contributed by atoms with Crippen LogP contribution in [-0.2, 0) is 19.1 Å². The predicted molar refractivity (Wildman–Crippen MR) is 200 cm³/mol. The molecule has 0 unspecified atom stereocenters. The zero-order chi connectivity index (χ0) is 40.1. The Morgan fingerprint density at radius 3 is 2.31 bits per heavy atom. The summed E-state index contributed by atoms with van der Waals surface area (Å²) in [5.74, 6) is -0.323. The number of ketones is 1. The van der Waals surface area contributed by atoms with Crippen molar-refractivity contribution in [2.45, 2.75) is 139 Å². The standard InChI is InChI=1S/C43H57N5O7/c1-23(2)31-26(49)18-43(33(51)35-47-48-36(55-35)34-45-21-24(20-44)22-46-34)17-16-41(8)25(32(31)43)10-11-28-40(7)14-13-29(54-30(50)19-38(3,4)37(52)53)39(5,6)27(40)12-15-42(28,41)9/h21-23,25,27-29,33,51H,10-19H2,1-9H3,(H,52,53)/t25-,27+,28-,29+,33+,40+,41-,42-,43-/m1/s1. The maximum absolute atomic E-state index is 14.1. The summed E-state index contributed by atoms with van der Waals surface area (Å²) in [7, 11) is 0. The van der Waals surface area contributed by atoms with Gasteiger partial charge in [0.2, 0.25) is 11.7 Å². The molecule has 0 bridgehead atoms. The van der Waals surface area contributed by atoms with E-state index in [1.54, 1.807) is 13.8 Å². The van der Waals surface area contributed by atoms with Gasteiger partial charge in [-0.05, 0) is 116 Å². The van der Waals surface area contributed by atoms with Gasteiger partial charge in [-0.25, -0.2) is 9.97 Å². The van der Waals surface area contributed by atoms with Crippen LogP contribution >= 0.6 is 0 Å². The van der Waals surface area contributed by atoms with Crippen LogP contribution in [0.1, 0.15) is 144 Å². The number of nitrogens with zero attached hydrogens (tertiary/aromatic N) is 5. The first-order valence-corrected chi connectivity index (χ1v) is 20.1. The number of carboxylic acids is 1. The normalized spacial score (nSPS) is 35.9. The minimum absolute atomic E-state index is 0.00377. The molecule has 0 aromatic carbocycles. The van der Waals surface area contributed by atoms with E-state index in [1.807, 2.05) is 6.07 Å². The molecule has 296 valence electrons. The van der Waals surface area contributed by atoms with Crippen molar-refractivity contribution in [1.29, 1.82) is 5.26 Å². The highest BCUT2D eigenvalue weighted by Gasteiger charge is 2.71. The summed E-state index contributed by atoms with van der Waals surface area (Å²) in [5.41, 5.74) is -0.294. The van der Waals surface area contributed by atoms with Gasteiger partial charge in [0.05, 0.1) is 17.4 Å². The zero-order valence-electron chi connectivity index (χ0n) is 33.9. The predicted octanol–water partition coefficient (Wildman–Crippen LogP) is 7.83. The molecule has 9 atom stereocenters. The molecule has 0 radical (unpaired) electrons. The molecule has 0 aliphatic heterocycles. The van der Waals surface area contributed by atoms with Crippen molar-refractivity contribution in [3.63, 3.8) is 0 Å². The van der Waals surface area contributed by atoms with Gasteiger partial charge in [-0.3, -0.25) is 14.4 Å². The lowest BCUT2D eigenvalue weighted by Gasteiger charge is -2.72. The van der Waals surface area contributed by atoms with Gasteiger partial charge in [0.15, 0.2) is 5.78 Å². The molecule has 4 fully saturated rings. The average molecular weight is 756 g/mol. The van der Waals surface area contributed by atoms with Crippen molar-refractivity contribution in [2.75, 3.05) is 0 Å². The van der Waals surface area contributed by atoms with Crippen molar-refractivity contribution in [3.8, 4) is 17.8 Å². The van der Waals surface area contributed by atoms with E-state index < -0.39 is 28.9 Å². The van der Waals surface area contributed by atoms with Crippen LogP contribution in [0.3, 0.4) is 0 Å². The van der Waals surface area contributed by atoms with E-state index in [4.69, 9.17) is 14.4 Å². The number of aliphatic carboxylic acids is 1. The Bertz CT molecular complexity index is 1980. The second-order valence-corrected chi connectivity index (χ2v) is 19.8. The SMILES string of the molecule is CC(C)C1=C2[C@H]3CC[C@@H]4[C@@]5(C)CC[C@H](OC(=O)CC(C)(C)C(=O)O)C(C)(C)[C@@H]5CC[C@@]4(C)[C@]3(C)CC[C@@]2([C@@H](O)c2nnc(-c3ncc(C#N)cn3)o2)CC1=O. The monoisotopic (exact) mass is 755 g/mol. The van der Waals surface area contributed by atoms with Gasteiger partial charge >= 0.3 is 11.9 Å². The number of hydrogen-bond donors (Lipinski definition) is 2. The molecule has 55 heavy (non-hydrogen) atoms. The van der Waals surface area contributed by atoms with Gasteiger partial charge in [-0.15, -0.1) is 10.2 Å². The summed E-state index contributed by atoms with van der Waals surface area (Å²) in [5, 5.41) is 39.5. The number of carboxylic acid groups (broad SMARTS) is 1. The number of Topliss-reactive ketones (excluding diaryl/α,β-unsaturated/α-hetero) is 1. The fraction of sp³-hybridized carbons (Fsp3) is 0.721. The summed E-state index contributed by atoms with van der Waals surface area (Å²) >= 11 is 0. The van der Waals surface area contributed by atoms with Crippen molar-refractivity contribution in [1.82, 2.24) is 20.2 Å². The summed E-state index contributed by atoms with van der Waals surface area (Å²) in [6.45, 7) is 19.2. The highest BCUT2D eigenvalue weighted by molar-refractivity contribution is 6.00. The summed E-state index contributed by atoms with van der Waals surface area (Å²) in [4.78, 5) is 47.4. The molecule has 5 aliphatic carbocycles. The van der Waals surface area contributed by atoms with Crippen LogP contribution in [0.2, 0.25) is 0 Å². The average Bonchev–Trinajstić information content (AvgIpc) is 3.72. The fourth-order valence-corrected chi connectivity index (χ4v) is 13.0. The van der Waals surface area contributed by atoms with Gasteiger partial charge < -0.3 is 19.4 Å². The lowest BCUT2D eigenvalue weighted by atomic mass is 9.33. The first kappa shape index (κ1) is 39.3. The number of aromatic nitrogens is 4. The Morgan fingerprint density at radius 1 is 0.982 bits per heavy atom. The van der Waals surface area contributed by atoms with E-state index >= 15 is 0 Å². The Morgan fingerprint density at radius 2 is 1.67 bits per heavy atom. The third-order valence-corrected chi connectivity index (χ3v) is 16.0. The Balaban J connectivity index is 1.19. The third-order valence-electron chi connectivity index (χ3n) is 16.0. The van der Waals surface area contributed by atoms with Crippen LogP contribution in [-0.4, -0.2) is 54.2 Å². The molecule has 2 N–H and O–H groups in total. The van der Waals surface area contributed by atoms with E-state index in [9.17, 15) is 24.6 Å². The van der Waals surface area contributed by atoms with Crippen LogP contribution in [0.25, 0.3) is 11.7 Å². The number of allylic oxidation sites excluding steroid dienone is 1. The number of rotatable bonds is 8. The summed E-state index contributed by atoms with van der Waals surface area (Å²) in [6, 6.07) is 2.00.